The van der Waals surface area contributed by atoms with Crippen molar-refractivity contribution in [1.82, 2.24) is 9.80 Å². The van der Waals surface area contributed by atoms with Crippen molar-refractivity contribution in [2.24, 2.45) is 11.8 Å². The molecule has 1 aromatic carbocycles. The molecule has 0 bridgehead atoms. The smallest absolute Gasteiger partial charge is 0.269 e. The first-order valence-electron chi connectivity index (χ1n) is 7.05. The Morgan fingerprint density at radius 1 is 1.48 bits per heavy atom. The number of rotatable bonds is 5. The number of likely N-dealkylation sites (tertiary alicyclic amines) is 1. The number of likely N-dealkylation sites (N-methyl/N-ethyl adjacent to an activating group) is 1. The summed E-state index contributed by atoms with van der Waals surface area (Å²) in [4.78, 5) is 15.1. The lowest BCUT2D eigenvalue weighted by atomic mass is 10.1. The molecule has 0 radical (unpaired) electrons. The van der Waals surface area contributed by atoms with Crippen LogP contribution in [-0.2, 0) is 6.54 Å². The lowest BCUT2D eigenvalue weighted by Crippen LogP contribution is -2.34. The summed E-state index contributed by atoms with van der Waals surface area (Å²) < 4.78 is 0. The molecular weight excluding hydrogens is 270 g/mol. The van der Waals surface area contributed by atoms with Gasteiger partial charge in [-0.2, -0.15) is 0 Å². The Labute approximate surface area is 124 Å². The fourth-order valence-corrected chi connectivity index (χ4v) is 3.06. The van der Waals surface area contributed by atoms with E-state index in [-0.39, 0.29) is 10.6 Å². The topological polar surface area (TPSA) is 87.7 Å². The highest BCUT2D eigenvalue weighted by Gasteiger charge is 2.31. The molecule has 0 spiro atoms. The van der Waals surface area contributed by atoms with Gasteiger partial charge in [-0.05, 0) is 31.6 Å². The molecule has 0 saturated carbocycles. The van der Waals surface area contributed by atoms with E-state index in [1.165, 1.54) is 6.07 Å². The van der Waals surface area contributed by atoms with Gasteiger partial charge in [-0.15, -0.1) is 0 Å². The molecule has 2 atom stereocenters. The Kier molecular flexibility index (Phi) is 4.76. The van der Waals surface area contributed by atoms with Crippen molar-refractivity contribution in [3.63, 3.8) is 0 Å². The number of nitrogen functional groups attached to an aromatic ring is 1. The van der Waals surface area contributed by atoms with Crippen molar-refractivity contribution in [2.75, 3.05) is 32.6 Å². The number of nitrogens with zero attached hydrogens (tertiary/aromatic N) is 3. The van der Waals surface area contributed by atoms with E-state index < -0.39 is 0 Å². The van der Waals surface area contributed by atoms with Crippen LogP contribution < -0.4 is 11.3 Å². The van der Waals surface area contributed by atoms with E-state index in [2.05, 4.69) is 36.2 Å². The van der Waals surface area contributed by atoms with Gasteiger partial charge in [0.1, 0.15) is 0 Å². The molecule has 0 aromatic heterocycles. The highest BCUT2D eigenvalue weighted by atomic mass is 16.6. The van der Waals surface area contributed by atoms with Gasteiger partial charge >= 0.3 is 0 Å². The minimum Gasteiger partial charge on any atom is -0.324 e. The molecule has 7 heteroatoms. The number of nitro groups is 1. The monoisotopic (exact) mass is 293 g/mol. The molecule has 1 heterocycles. The fourth-order valence-electron chi connectivity index (χ4n) is 3.06. The van der Waals surface area contributed by atoms with Gasteiger partial charge in [0, 0.05) is 37.8 Å². The number of hydrazine groups is 1. The molecular formula is C14H23N5O2. The van der Waals surface area contributed by atoms with Crippen molar-refractivity contribution in [2.45, 2.75) is 19.5 Å². The first-order chi connectivity index (χ1) is 9.92. The Bertz CT molecular complexity index is 520. The van der Waals surface area contributed by atoms with E-state index >= 15 is 0 Å². The average molecular weight is 293 g/mol. The molecule has 0 aliphatic carbocycles. The zero-order chi connectivity index (χ0) is 15.6. The second kappa shape index (κ2) is 6.38. The van der Waals surface area contributed by atoms with E-state index in [4.69, 9.17) is 5.84 Å². The summed E-state index contributed by atoms with van der Waals surface area (Å²) in [5.41, 5.74) is 4.32. The molecule has 1 aliphatic rings. The third kappa shape index (κ3) is 3.49. The quantitative estimate of drug-likeness (QED) is 0.483. The number of anilines is 1. The molecule has 1 aromatic rings. The first kappa shape index (κ1) is 15.7. The van der Waals surface area contributed by atoms with E-state index in [9.17, 15) is 10.1 Å². The molecule has 1 aliphatic heterocycles. The van der Waals surface area contributed by atoms with Gasteiger partial charge in [-0.1, -0.05) is 6.92 Å². The van der Waals surface area contributed by atoms with Gasteiger partial charge in [0.05, 0.1) is 10.6 Å². The van der Waals surface area contributed by atoms with Crippen LogP contribution in [0.1, 0.15) is 12.5 Å². The average Bonchev–Trinajstić information content (AvgIpc) is 2.79. The van der Waals surface area contributed by atoms with Crippen molar-refractivity contribution in [3.05, 3.63) is 33.9 Å². The Morgan fingerprint density at radius 3 is 2.71 bits per heavy atom. The predicted molar refractivity (Wildman–Crippen MR) is 82.8 cm³/mol. The van der Waals surface area contributed by atoms with E-state index in [0.717, 1.165) is 24.3 Å². The summed E-state index contributed by atoms with van der Waals surface area (Å²) in [5, 5.41) is 10.9. The van der Waals surface area contributed by atoms with Gasteiger partial charge in [0.25, 0.3) is 5.69 Å². The molecule has 116 valence electrons. The minimum atomic E-state index is -0.376. The van der Waals surface area contributed by atoms with Gasteiger partial charge in [-0.25, -0.2) is 0 Å². The molecule has 2 unspecified atom stereocenters. The number of non-ortho nitro benzene ring substituents is 1. The standard InChI is InChI=1S/C14H23N5O2/c1-10-7-18(9-14(10)17(2)3)8-11-6-12(19(20)21)4-5-13(11)16-15/h4-6,10,14,16H,7-9,15H2,1-3H3. The lowest BCUT2D eigenvalue weighted by molar-refractivity contribution is -0.384. The summed E-state index contributed by atoms with van der Waals surface area (Å²) in [6.45, 7) is 4.84. The highest BCUT2D eigenvalue weighted by molar-refractivity contribution is 5.55. The summed E-state index contributed by atoms with van der Waals surface area (Å²) in [5.74, 6) is 6.08. The number of nitrogens with one attached hydrogen (secondary N) is 1. The molecule has 2 rings (SSSR count). The maximum Gasteiger partial charge on any atom is 0.269 e. The summed E-state index contributed by atoms with van der Waals surface area (Å²) in [6.07, 6.45) is 0. The van der Waals surface area contributed by atoms with Crippen LogP contribution in [0, 0.1) is 16.0 Å². The molecule has 1 fully saturated rings. The van der Waals surface area contributed by atoms with Crippen LogP contribution in [0.3, 0.4) is 0 Å². The van der Waals surface area contributed by atoms with Crippen LogP contribution in [0.2, 0.25) is 0 Å². The summed E-state index contributed by atoms with van der Waals surface area (Å²) in [7, 11) is 4.18. The van der Waals surface area contributed by atoms with Crippen LogP contribution in [0.15, 0.2) is 18.2 Å². The van der Waals surface area contributed by atoms with Crippen LogP contribution in [0.4, 0.5) is 11.4 Å². The number of nitro benzene ring substituents is 1. The second-order valence-electron chi connectivity index (χ2n) is 5.95. The van der Waals surface area contributed by atoms with Crippen LogP contribution in [0.5, 0.6) is 0 Å². The van der Waals surface area contributed by atoms with Gasteiger partial charge in [0.2, 0.25) is 0 Å². The molecule has 21 heavy (non-hydrogen) atoms. The zero-order valence-electron chi connectivity index (χ0n) is 12.7. The molecule has 3 N–H and O–H groups in total. The van der Waals surface area contributed by atoms with Gasteiger partial charge in [-0.3, -0.25) is 20.9 Å². The highest BCUT2D eigenvalue weighted by Crippen LogP contribution is 2.26. The van der Waals surface area contributed by atoms with E-state index in [0.29, 0.717) is 18.5 Å². The Hall–Kier alpha value is -1.70. The van der Waals surface area contributed by atoms with Gasteiger partial charge < -0.3 is 10.3 Å². The molecule has 7 nitrogen and oxygen atoms in total. The van der Waals surface area contributed by atoms with Crippen LogP contribution >= 0.6 is 0 Å². The van der Waals surface area contributed by atoms with Crippen LogP contribution in [-0.4, -0.2) is 47.9 Å². The largest absolute Gasteiger partial charge is 0.324 e. The lowest BCUT2D eigenvalue weighted by Gasteiger charge is -2.22. The maximum absolute atomic E-state index is 10.9. The summed E-state index contributed by atoms with van der Waals surface area (Å²) >= 11 is 0. The van der Waals surface area contributed by atoms with E-state index in [1.54, 1.807) is 12.1 Å². The number of benzene rings is 1. The molecule has 0 amide bonds. The minimum absolute atomic E-state index is 0.0976. The first-order valence-corrected chi connectivity index (χ1v) is 7.05. The van der Waals surface area contributed by atoms with Crippen molar-refractivity contribution >= 4 is 11.4 Å². The Balaban J connectivity index is 2.15. The van der Waals surface area contributed by atoms with Gasteiger partial charge in [0.15, 0.2) is 0 Å². The van der Waals surface area contributed by atoms with Crippen molar-refractivity contribution < 1.29 is 4.92 Å². The number of hydrogen-bond donors (Lipinski definition) is 2. The number of nitrogens with two attached hydrogens (primary N) is 1. The zero-order valence-corrected chi connectivity index (χ0v) is 12.7. The predicted octanol–water partition coefficient (Wildman–Crippen LogP) is 1.26. The van der Waals surface area contributed by atoms with E-state index in [1.807, 2.05) is 0 Å². The number of hydrogen-bond acceptors (Lipinski definition) is 6. The fraction of sp³-hybridized carbons (Fsp3) is 0.571. The third-order valence-corrected chi connectivity index (χ3v) is 4.16. The van der Waals surface area contributed by atoms with Crippen molar-refractivity contribution in [1.29, 1.82) is 0 Å². The normalized spacial score (nSPS) is 22.7. The summed E-state index contributed by atoms with van der Waals surface area (Å²) in [6, 6.07) is 5.24. The maximum atomic E-state index is 10.9. The third-order valence-electron chi connectivity index (χ3n) is 4.16. The van der Waals surface area contributed by atoms with Crippen LogP contribution in [0.25, 0.3) is 0 Å². The SMILES string of the molecule is CC1CN(Cc2cc([N+](=O)[O-])ccc2NN)CC1N(C)C. The molecule has 1 saturated heterocycles. The van der Waals surface area contributed by atoms with Crippen molar-refractivity contribution in [3.8, 4) is 0 Å². The second-order valence-corrected chi connectivity index (χ2v) is 5.95. The Morgan fingerprint density at radius 2 is 2.19 bits per heavy atom.